The van der Waals surface area contributed by atoms with E-state index in [4.69, 9.17) is 14.2 Å². The lowest BCUT2D eigenvalue weighted by Crippen LogP contribution is -2.25. The van der Waals surface area contributed by atoms with E-state index in [0.717, 1.165) is 36.1 Å². The third-order valence-electron chi connectivity index (χ3n) is 7.32. The van der Waals surface area contributed by atoms with E-state index >= 15 is 0 Å². The molecule has 5 rings (SSSR count). The number of hydrogen-bond donors (Lipinski definition) is 2. The van der Waals surface area contributed by atoms with Crippen molar-refractivity contribution in [2.24, 2.45) is 0 Å². The summed E-state index contributed by atoms with van der Waals surface area (Å²) in [6.45, 7) is 3.86. The van der Waals surface area contributed by atoms with Gasteiger partial charge in [0, 0.05) is 10.4 Å². The first kappa shape index (κ1) is 32.0. The highest BCUT2D eigenvalue weighted by Crippen LogP contribution is 2.39. The Hall–Kier alpha value is -4.36. The highest BCUT2D eigenvalue weighted by Gasteiger charge is 2.29. The van der Waals surface area contributed by atoms with Gasteiger partial charge in [0.1, 0.15) is 16.5 Å². The lowest BCUT2D eigenvalue weighted by atomic mass is 9.95. The Bertz CT molecular complexity index is 1680. The van der Waals surface area contributed by atoms with Crippen LogP contribution in [0.15, 0.2) is 53.7 Å². The van der Waals surface area contributed by atoms with Crippen molar-refractivity contribution in [2.75, 3.05) is 26.1 Å². The molecule has 1 aliphatic carbocycles. The topological polar surface area (TPSA) is 134 Å². The summed E-state index contributed by atoms with van der Waals surface area (Å²) < 4.78 is 17.9. The van der Waals surface area contributed by atoms with Crippen LogP contribution in [0.5, 0.6) is 11.5 Å². The fraction of sp³-hybridized carbons (Fsp3) is 0.344. The van der Waals surface area contributed by atoms with Gasteiger partial charge in [-0.05, 0) is 81.5 Å². The molecule has 0 spiro atoms. The zero-order chi connectivity index (χ0) is 31.9. The number of thioether (sulfide) groups is 1. The number of fused-ring (bicyclic) bond motifs is 1. The Labute approximate surface area is 269 Å². The van der Waals surface area contributed by atoms with E-state index < -0.39 is 11.2 Å². The number of thiophene rings is 1. The second-order valence-electron chi connectivity index (χ2n) is 10.2. The van der Waals surface area contributed by atoms with Gasteiger partial charge >= 0.3 is 5.97 Å². The quantitative estimate of drug-likeness (QED) is 0.152. The number of anilines is 1. The molecule has 0 bridgehead atoms. The minimum absolute atomic E-state index is 0.0701. The van der Waals surface area contributed by atoms with Crippen molar-refractivity contribution in [1.29, 1.82) is 0 Å². The van der Waals surface area contributed by atoms with Crippen molar-refractivity contribution in [2.45, 2.75) is 56.5 Å². The fourth-order valence-corrected chi connectivity index (χ4v) is 7.21. The van der Waals surface area contributed by atoms with Crippen molar-refractivity contribution < 1.29 is 28.6 Å². The molecule has 1 aliphatic rings. The molecule has 13 heteroatoms. The summed E-state index contributed by atoms with van der Waals surface area (Å²) in [5.74, 6) is 0.690. The van der Waals surface area contributed by atoms with Crippen molar-refractivity contribution in [3.8, 4) is 17.2 Å². The van der Waals surface area contributed by atoms with Crippen LogP contribution in [-0.4, -0.2) is 58.6 Å². The molecule has 0 fully saturated rings. The van der Waals surface area contributed by atoms with Crippen LogP contribution in [0.4, 0.5) is 5.00 Å². The monoisotopic (exact) mass is 649 g/mol. The summed E-state index contributed by atoms with van der Waals surface area (Å²) >= 11 is 2.66. The Morgan fingerprint density at radius 1 is 1.02 bits per heavy atom. The van der Waals surface area contributed by atoms with Gasteiger partial charge in [-0.1, -0.05) is 23.9 Å². The van der Waals surface area contributed by atoms with Gasteiger partial charge < -0.3 is 24.8 Å². The number of benzene rings is 2. The van der Waals surface area contributed by atoms with Crippen molar-refractivity contribution in [3.05, 3.63) is 75.9 Å². The molecule has 1 atom stereocenters. The average molecular weight is 650 g/mol. The van der Waals surface area contributed by atoms with Gasteiger partial charge in [-0.25, -0.2) is 4.79 Å². The molecule has 2 aromatic carbocycles. The number of nitrogens with zero attached hydrogens (tertiary/aromatic N) is 3. The zero-order valence-corrected chi connectivity index (χ0v) is 27.2. The van der Waals surface area contributed by atoms with Crippen molar-refractivity contribution >= 4 is 45.9 Å². The van der Waals surface area contributed by atoms with E-state index in [2.05, 4.69) is 20.8 Å². The molecule has 0 aliphatic heterocycles. The smallest absolute Gasteiger partial charge is 0.341 e. The van der Waals surface area contributed by atoms with E-state index in [1.165, 1.54) is 23.1 Å². The van der Waals surface area contributed by atoms with Crippen LogP contribution in [0.3, 0.4) is 0 Å². The first-order valence-corrected chi connectivity index (χ1v) is 16.3. The summed E-state index contributed by atoms with van der Waals surface area (Å²) in [5.41, 5.74) is 2.58. The average Bonchev–Trinajstić information content (AvgIpc) is 3.63. The molecule has 2 amide bonds. The third-order valence-corrected chi connectivity index (χ3v) is 9.57. The molecule has 0 saturated carbocycles. The van der Waals surface area contributed by atoms with Gasteiger partial charge in [-0.15, -0.1) is 21.5 Å². The molecule has 2 N–H and O–H groups in total. The van der Waals surface area contributed by atoms with Crippen LogP contribution in [0.25, 0.3) is 5.69 Å². The second kappa shape index (κ2) is 14.6. The first-order valence-electron chi connectivity index (χ1n) is 14.6. The van der Waals surface area contributed by atoms with E-state index in [9.17, 15) is 14.4 Å². The first-order chi connectivity index (χ1) is 21.8. The van der Waals surface area contributed by atoms with Crippen LogP contribution in [0.1, 0.15) is 63.7 Å². The maximum Gasteiger partial charge on any atom is 0.341 e. The van der Waals surface area contributed by atoms with Gasteiger partial charge in [0.2, 0.25) is 5.91 Å². The molecule has 0 saturated heterocycles. The van der Waals surface area contributed by atoms with E-state index in [-0.39, 0.29) is 25.0 Å². The Kier molecular flexibility index (Phi) is 10.4. The number of esters is 1. The predicted molar refractivity (Wildman–Crippen MR) is 173 cm³/mol. The van der Waals surface area contributed by atoms with Gasteiger partial charge in [-0.2, -0.15) is 0 Å². The number of hydrogen-bond acceptors (Lipinski definition) is 10. The van der Waals surface area contributed by atoms with Crippen LogP contribution in [0.2, 0.25) is 0 Å². The molecular weight excluding hydrogens is 615 g/mol. The van der Waals surface area contributed by atoms with E-state index in [0.29, 0.717) is 44.3 Å². The molecule has 2 aromatic heterocycles. The van der Waals surface area contributed by atoms with Crippen molar-refractivity contribution in [1.82, 2.24) is 20.1 Å². The van der Waals surface area contributed by atoms with Crippen LogP contribution in [0, 0.1) is 0 Å². The minimum Gasteiger partial charge on any atom is -0.497 e. The Balaban J connectivity index is 1.38. The van der Waals surface area contributed by atoms with Gasteiger partial charge in [-0.3, -0.25) is 14.2 Å². The SMILES string of the molecule is CCOC(=O)c1c(NC(=O)C(C)Sc2nnc(CNC(=O)c3ccc(OC)cc3)n2-c2ccccc2OC)sc2c1CCCC2. The second-order valence-corrected chi connectivity index (χ2v) is 12.6. The lowest BCUT2D eigenvalue weighted by Gasteiger charge is -2.16. The number of carbonyl (C=O) groups is 3. The largest absolute Gasteiger partial charge is 0.497 e. The molecule has 0 radical (unpaired) electrons. The van der Waals surface area contributed by atoms with Crippen molar-refractivity contribution in [3.63, 3.8) is 0 Å². The number of rotatable bonds is 12. The summed E-state index contributed by atoms with van der Waals surface area (Å²) in [6.07, 6.45) is 3.72. The van der Waals surface area contributed by atoms with E-state index in [1.807, 2.05) is 24.3 Å². The highest BCUT2D eigenvalue weighted by atomic mass is 32.2. The Morgan fingerprint density at radius 2 is 1.78 bits per heavy atom. The van der Waals surface area contributed by atoms with Crippen LogP contribution >= 0.6 is 23.1 Å². The number of aryl methyl sites for hydroxylation is 1. The fourth-order valence-electron chi connectivity index (χ4n) is 5.05. The number of nitrogens with one attached hydrogen (secondary N) is 2. The lowest BCUT2D eigenvalue weighted by molar-refractivity contribution is -0.115. The molecule has 11 nitrogen and oxygen atoms in total. The molecule has 2 heterocycles. The summed E-state index contributed by atoms with van der Waals surface area (Å²) in [4.78, 5) is 40.4. The minimum atomic E-state index is -0.612. The van der Waals surface area contributed by atoms with Gasteiger partial charge in [0.05, 0.1) is 43.9 Å². The summed E-state index contributed by atoms with van der Waals surface area (Å²) in [6, 6.07) is 14.2. The summed E-state index contributed by atoms with van der Waals surface area (Å²) in [7, 11) is 3.13. The summed E-state index contributed by atoms with van der Waals surface area (Å²) in [5, 5.41) is 15.0. The molecule has 1 unspecified atom stereocenters. The molecule has 236 valence electrons. The zero-order valence-electron chi connectivity index (χ0n) is 25.5. The normalized spacial score (nSPS) is 13.0. The predicted octanol–water partition coefficient (Wildman–Crippen LogP) is 5.45. The van der Waals surface area contributed by atoms with Gasteiger partial charge in [0.25, 0.3) is 5.91 Å². The molecule has 45 heavy (non-hydrogen) atoms. The standard InChI is InChI=1S/C32H35N5O6S2/c1-5-43-31(40)27-22-10-6-9-13-25(22)45-30(27)34-28(38)19(2)44-32-36-35-26(37(32)23-11-7-8-12-24(23)42-4)18-33-29(39)20-14-16-21(41-3)17-15-20/h7-8,11-12,14-17,19H,5-6,9-10,13,18H2,1-4H3,(H,33,39)(H,34,38). The highest BCUT2D eigenvalue weighted by molar-refractivity contribution is 8.00. The number of methoxy groups -OCH3 is 2. The number of carbonyl (C=O) groups excluding carboxylic acids is 3. The maximum atomic E-state index is 13.5. The number of aromatic nitrogens is 3. The third kappa shape index (κ3) is 7.15. The van der Waals surface area contributed by atoms with Gasteiger partial charge in [0.15, 0.2) is 11.0 Å². The van der Waals surface area contributed by atoms with E-state index in [1.54, 1.807) is 56.9 Å². The van der Waals surface area contributed by atoms with Crippen LogP contribution in [-0.2, 0) is 28.9 Å². The number of para-hydroxylation sites is 2. The number of amides is 2. The molecule has 4 aromatic rings. The Morgan fingerprint density at radius 3 is 2.51 bits per heavy atom. The maximum absolute atomic E-state index is 13.5. The molecular formula is C32H35N5O6S2. The number of ether oxygens (including phenoxy) is 3. The van der Waals surface area contributed by atoms with Crippen LogP contribution < -0.4 is 20.1 Å².